The van der Waals surface area contributed by atoms with Gasteiger partial charge in [-0.2, -0.15) is 5.26 Å². The molecule has 0 saturated carbocycles. The predicted molar refractivity (Wildman–Crippen MR) is 62.3 cm³/mol. The van der Waals surface area contributed by atoms with E-state index in [4.69, 9.17) is 11.0 Å². The van der Waals surface area contributed by atoms with Gasteiger partial charge in [-0.3, -0.25) is 14.9 Å². The molecule has 1 aromatic carbocycles. The Balaban J connectivity index is 3.23. The van der Waals surface area contributed by atoms with Gasteiger partial charge in [0.25, 0.3) is 0 Å². The number of nitrogens with two attached hydrogens (primary N) is 1. The number of carbonyl (C=O) groups excluding carboxylic acids is 1. The first-order valence-corrected chi connectivity index (χ1v) is 4.82. The van der Waals surface area contributed by atoms with Crippen LogP contribution in [0.15, 0.2) is 18.2 Å². The van der Waals surface area contributed by atoms with Crippen LogP contribution in [-0.4, -0.2) is 15.9 Å². The largest absolute Gasteiger partial charge is 0.502 e. The number of phenolic OH excluding ortho intramolecular Hbond substituents is 1. The minimum absolute atomic E-state index is 0.0400. The fourth-order valence-corrected chi connectivity index (χ4v) is 1.27. The van der Waals surface area contributed by atoms with Gasteiger partial charge in [-0.25, -0.2) is 0 Å². The molecular formula is C11H9N3O4. The number of aromatic hydroxyl groups is 1. The molecule has 1 aromatic rings. The van der Waals surface area contributed by atoms with Crippen LogP contribution in [0.4, 0.5) is 5.69 Å². The third-order valence-corrected chi connectivity index (χ3v) is 2.06. The smallest absolute Gasteiger partial charge is 0.312 e. The fraction of sp³-hybridized carbons (Fsp3) is 0.0909. The van der Waals surface area contributed by atoms with Gasteiger partial charge in [0.1, 0.15) is 0 Å². The Hall–Kier alpha value is -2.88. The molecule has 92 valence electrons. The number of phenols is 1. The number of hydrogen-bond donors (Lipinski definition) is 2. The van der Waals surface area contributed by atoms with Crippen LogP contribution < -0.4 is 5.73 Å². The molecule has 0 aromatic heterocycles. The first-order chi connectivity index (χ1) is 8.45. The molecule has 3 N–H and O–H groups in total. The van der Waals surface area contributed by atoms with Crippen molar-refractivity contribution in [2.24, 2.45) is 5.73 Å². The van der Waals surface area contributed by atoms with Crippen LogP contribution in [0.25, 0.3) is 6.08 Å². The van der Waals surface area contributed by atoms with Crippen molar-refractivity contribution in [2.45, 2.75) is 6.42 Å². The summed E-state index contributed by atoms with van der Waals surface area (Å²) in [5.74, 6) is -1.13. The summed E-state index contributed by atoms with van der Waals surface area (Å²) in [7, 11) is 0. The Bertz CT molecular complexity index is 572. The molecule has 7 nitrogen and oxygen atoms in total. The third kappa shape index (κ3) is 3.05. The van der Waals surface area contributed by atoms with E-state index in [2.05, 4.69) is 0 Å². The van der Waals surface area contributed by atoms with Crippen molar-refractivity contribution in [1.82, 2.24) is 0 Å². The van der Waals surface area contributed by atoms with Gasteiger partial charge in [-0.05, 0) is 6.07 Å². The van der Waals surface area contributed by atoms with Gasteiger partial charge < -0.3 is 10.8 Å². The highest BCUT2D eigenvalue weighted by Crippen LogP contribution is 2.32. The lowest BCUT2D eigenvalue weighted by Crippen LogP contribution is -2.07. The van der Waals surface area contributed by atoms with Crippen molar-refractivity contribution < 1.29 is 14.8 Å². The van der Waals surface area contributed by atoms with Gasteiger partial charge in [0, 0.05) is 18.1 Å². The number of amides is 1. The van der Waals surface area contributed by atoms with Crippen LogP contribution in [0, 0.1) is 21.4 Å². The zero-order chi connectivity index (χ0) is 13.7. The van der Waals surface area contributed by atoms with E-state index in [1.54, 1.807) is 6.07 Å². The zero-order valence-electron chi connectivity index (χ0n) is 9.16. The third-order valence-electron chi connectivity index (χ3n) is 2.06. The predicted octanol–water partition coefficient (Wildman–Crippen LogP) is 1.06. The highest BCUT2D eigenvalue weighted by molar-refractivity contribution is 5.77. The molecule has 0 aliphatic carbocycles. The number of primary amides is 1. The maximum absolute atomic E-state index is 10.7. The summed E-state index contributed by atoms with van der Waals surface area (Å²) >= 11 is 0. The molecule has 0 unspecified atom stereocenters. The Kier molecular flexibility index (Phi) is 3.99. The number of hydrogen-bond acceptors (Lipinski definition) is 5. The highest BCUT2D eigenvalue weighted by Gasteiger charge is 2.17. The number of nitro groups is 1. The number of nitrogens with zero attached hydrogens (tertiary/aromatic N) is 2. The quantitative estimate of drug-likeness (QED) is 0.606. The minimum atomic E-state index is -0.790. The first kappa shape index (κ1) is 13.2. The molecule has 7 heteroatoms. The molecule has 0 fully saturated rings. The number of carbonyl (C=O) groups is 1. The molecule has 1 rings (SSSR count). The van der Waals surface area contributed by atoms with E-state index in [-0.39, 0.29) is 17.5 Å². The van der Waals surface area contributed by atoms with Crippen molar-refractivity contribution in [1.29, 1.82) is 5.26 Å². The van der Waals surface area contributed by atoms with Gasteiger partial charge >= 0.3 is 5.69 Å². The van der Waals surface area contributed by atoms with Crippen LogP contribution in [0.1, 0.15) is 17.5 Å². The van der Waals surface area contributed by atoms with Crippen LogP contribution in [0.3, 0.4) is 0 Å². The van der Waals surface area contributed by atoms with Crippen molar-refractivity contribution in [3.05, 3.63) is 39.4 Å². The number of rotatable bonds is 4. The summed E-state index contributed by atoms with van der Waals surface area (Å²) in [5.41, 5.74) is 4.48. The average molecular weight is 247 g/mol. The Morgan fingerprint density at radius 1 is 1.61 bits per heavy atom. The second-order valence-corrected chi connectivity index (χ2v) is 3.37. The summed E-state index contributed by atoms with van der Waals surface area (Å²) in [4.78, 5) is 20.4. The Labute approximate surface area is 102 Å². The van der Waals surface area contributed by atoms with Crippen LogP contribution in [0.2, 0.25) is 0 Å². The van der Waals surface area contributed by atoms with Crippen LogP contribution >= 0.6 is 0 Å². The van der Waals surface area contributed by atoms with Gasteiger partial charge in [-0.1, -0.05) is 12.2 Å². The van der Waals surface area contributed by atoms with Crippen LogP contribution in [0.5, 0.6) is 5.75 Å². The Morgan fingerprint density at radius 2 is 2.28 bits per heavy atom. The molecule has 0 spiro atoms. The lowest BCUT2D eigenvalue weighted by Gasteiger charge is -2.01. The maximum atomic E-state index is 10.7. The molecular weight excluding hydrogens is 238 g/mol. The number of nitro benzene ring substituents is 1. The van der Waals surface area contributed by atoms with Gasteiger partial charge in [0.2, 0.25) is 11.7 Å². The van der Waals surface area contributed by atoms with E-state index >= 15 is 0 Å². The topological polar surface area (TPSA) is 130 Å². The Morgan fingerprint density at radius 3 is 2.78 bits per heavy atom. The van der Waals surface area contributed by atoms with Gasteiger partial charge in [-0.15, -0.1) is 0 Å². The molecule has 0 atom stereocenters. The summed E-state index contributed by atoms with van der Waals surface area (Å²) in [6, 6.07) is 4.00. The molecule has 0 bridgehead atoms. The lowest BCUT2D eigenvalue weighted by atomic mass is 10.1. The molecule has 1 amide bonds. The molecule has 0 heterocycles. The van der Waals surface area contributed by atoms with Crippen LogP contribution in [-0.2, 0) is 4.79 Å². The van der Waals surface area contributed by atoms with Crippen molar-refractivity contribution >= 4 is 17.7 Å². The van der Waals surface area contributed by atoms with E-state index in [0.29, 0.717) is 0 Å². The zero-order valence-corrected chi connectivity index (χ0v) is 9.16. The maximum Gasteiger partial charge on any atom is 0.312 e. The summed E-state index contributed by atoms with van der Waals surface area (Å²) in [6.45, 7) is 0. The molecule has 0 aliphatic heterocycles. The molecule has 18 heavy (non-hydrogen) atoms. The summed E-state index contributed by atoms with van der Waals surface area (Å²) in [6.07, 6.45) is 2.58. The van der Waals surface area contributed by atoms with E-state index in [1.807, 2.05) is 0 Å². The second kappa shape index (κ2) is 5.45. The highest BCUT2D eigenvalue weighted by atomic mass is 16.6. The van der Waals surface area contributed by atoms with Crippen molar-refractivity contribution in [3.63, 3.8) is 0 Å². The standard InChI is InChI=1S/C11H9N3O4/c12-6-7-4-8(2-1-3-10(13)15)11(16)9(5-7)14(17)18/h1-2,4-5,16H,3H2,(H2,13,15). The average Bonchev–Trinajstić information content (AvgIpc) is 2.30. The SMILES string of the molecule is N#Cc1cc(C=CCC(N)=O)c(O)c([N+](=O)[O-])c1. The van der Waals surface area contributed by atoms with E-state index in [1.165, 1.54) is 18.2 Å². The lowest BCUT2D eigenvalue weighted by molar-refractivity contribution is -0.385. The van der Waals surface area contributed by atoms with E-state index in [9.17, 15) is 20.0 Å². The molecule has 0 radical (unpaired) electrons. The normalized spacial score (nSPS) is 10.2. The molecule has 0 saturated heterocycles. The van der Waals surface area contributed by atoms with Gasteiger partial charge in [0.15, 0.2) is 0 Å². The van der Waals surface area contributed by atoms with E-state index in [0.717, 1.165) is 6.07 Å². The molecule has 0 aliphatic rings. The number of benzene rings is 1. The van der Waals surface area contributed by atoms with Crippen molar-refractivity contribution in [3.8, 4) is 11.8 Å². The monoisotopic (exact) mass is 247 g/mol. The summed E-state index contributed by atoms with van der Waals surface area (Å²) < 4.78 is 0. The number of nitriles is 1. The van der Waals surface area contributed by atoms with E-state index < -0.39 is 22.3 Å². The first-order valence-electron chi connectivity index (χ1n) is 4.82. The van der Waals surface area contributed by atoms with Crippen molar-refractivity contribution in [2.75, 3.05) is 0 Å². The minimum Gasteiger partial charge on any atom is -0.502 e. The fourth-order valence-electron chi connectivity index (χ4n) is 1.27. The summed E-state index contributed by atoms with van der Waals surface area (Å²) in [5, 5.41) is 29.0. The second-order valence-electron chi connectivity index (χ2n) is 3.37. The van der Waals surface area contributed by atoms with Gasteiger partial charge in [0.05, 0.1) is 16.6 Å².